The Bertz CT molecular complexity index is 537. The van der Waals surface area contributed by atoms with Gasteiger partial charge in [-0.25, -0.2) is 0 Å². The van der Waals surface area contributed by atoms with Gasteiger partial charge >= 0.3 is 0 Å². The first-order chi connectivity index (χ1) is 10.1. The van der Waals surface area contributed by atoms with Crippen LogP contribution in [-0.4, -0.2) is 11.6 Å². The lowest BCUT2D eigenvalue weighted by atomic mass is 9.83. The lowest BCUT2D eigenvalue weighted by molar-refractivity contribution is -0.129. The number of carbonyl (C=O) groups is 2. The smallest absolute Gasteiger partial charge is 0.166 e. The van der Waals surface area contributed by atoms with Crippen LogP contribution in [0.5, 0.6) is 0 Å². The summed E-state index contributed by atoms with van der Waals surface area (Å²) in [6.45, 7) is 3.72. The number of rotatable bonds is 6. The zero-order chi connectivity index (χ0) is 15.2. The second kappa shape index (κ2) is 7.35. The minimum atomic E-state index is -0.415. The Labute approximate surface area is 127 Å². The summed E-state index contributed by atoms with van der Waals surface area (Å²) in [4.78, 5) is 23.3. The standard InChI is InChI=1S/C19H24O2/c1-3-4-5-6-15-7-9-16(10-8-15)17-11-12-18(14(2)20)19(21)13-17/h7-10,13,18H,3-6,11-12H2,1-2H3. The quantitative estimate of drug-likeness (QED) is 0.574. The van der Waals surface area contributed by atoms with Gasteiger partial charge in [-0.1, -0.05) is 44.0 Å². The molecule has 1 unspecified atom stereocenters. The van der Waals surface area contributed by atoms with E-state index < -0.39 is 5.92 Å². The molecular weight excluding hydrogens is 260 g/mol. The van der Waals surface area contributed by atoms with E-state index >= 15 is 0 Å². The molecule has 0 aliphatic heterocycles. The SMILES string of the molecule is CCCCCc1ccc(C2=CC(=O)C(C(C)=O)CC2)cc1. The summed E-state index contributed by atoms with van der Waals surface area (Å²) in [7, 11) is 0. The highest BCUT2D eigenvalue weighted by molar-refractivity contribution is 6.10. The van der Waals surface area contributed by atoms with E-state index in [2.05, 4.69) is 31.2 Å². The third kappa shape index (κ3) is 4.13. The fourth-order valence-electron chi connectivity index (χ4n) is 2.88. The number of benzene rings is 1. The topological polar surface area (TPSA) is 34.1 Å². The lowest BCUT2D eigenvalue weighted by Crippen LogP contribution is -2.23. The Morgan fingerprint density at radius 1 is 1.19 bits per heavy atom. The van der Waals surface area contributed by atoms with Gasteiger partial charge in [-0.3, -0.25) is 9.59 Å². The van der Waals surface area contributed by atoms with E-state index in [1.165, 1.54) is 31.7 Å². The molecule has 1 aliphatic rings. The number of unbranched alkanes of at least 4 members (excludes halogenated alkanes) is 2. The van der Waals surface area contributed by atoms with Crippen LogP contribution in [0.2, 0.25) is 0 Å². The Morgan fingerprint density at radius 2 is 1.90 bits per heavy atom. The summed E-state index contributed by atoms with van der Waals surface area (Å²) < 4.78 is 0. The van der Waals surface area contributed by atoms with Crippen molar-refractivity contribution in [3.63, 3.8) is 0 Å². The van der Waals surface area contributed by atoms with E-state index in [1.54, 1.807) is 6.08 Å². The molecule has 0 spiro atoms. The van der Waals surface area contributed by atoms with Crippen molar-refractivity contribution < 1.29 is 9.59 Å². The molecule has 2 nitrogen and oxygen atoms in total. The van der Waals surface area contributed by atoms with Gasteiger partial charge in [0.2, 0.25) is 0 Å². The second-order valence-corrected chi connectivity index (χ2v) is 5.93. The molecule has 0 N–H and O–H groups in total. The molecule has 0 fully saturated rings. The maximum atomic E-state index is 12.0. The van der Waals surface area contributed by atoms with Gasteiger partial charge < -0.3 is 0 Å². The minimum Gasteiger partial charge on any atom is -0.299 e. The minimum absolute atomic E-state index is 0.0124. The summed E-state index contributed by atoms with van der Waals surface area (Å²) in [5.41, 5.74) is 3.54. The fraction of sp³-hybridized carbons (Fsp3) is 0.474. The monoisotopic (exact) mass is 284 g/mol. The molecule has 0 heterocycles. The van der Waals surface area contributed by atoms with Crippen molar-refractivity contribution in [2.24, 2.45) is 5.92 Å². The maximum absolute atomic E-state index is 12.0. The number of carbonyl (C=O) groups excluding carboxylic acids is 2. The van der Waals surface area contributed by atoms with Crippen molar-refractivity contribution in [3.05, 3.63) is 41.5 Å². The fourth-order valence-corrected chi connectivity index (χ4v) is 2.88. The molecular formula is C19H24O2. The zero-order valence-corrected chi connectivity index (χ0v) is 13.0. The van der Waals surface area contributed by atoms with Crippen LogP contribution in [0, 0.1) is 5.92 Å². The molecule has 0 radical (unpaired) electrons. The van der Waals surface area contributed by atoms with Crippen LogP contribution in [-0.2, 0) is 16.0 Å². The molecule has 0 aromatic heterocycles. The van der Waals surface area contributed by atoms with Crippen LogP contribution < -0.4 is 0 Å². The van der Waals surface area contributed by atoms with Gasteiger partial charge in [-0.05, 0) is 55.4 Å². The predicted molar refractivity (Wildman–Crippen MR) is 86.1 cm³/mol. The van der Waals surface area contributed by atoms with E-state index in [0.717, 1.165) is 24.0 Å². The van der Waals surface area contributed by atoms with E-state index in [4.69, 9.17) is 0 Å². The molecule has 2 rings (SSSR count). The van der Waals surface area contributed by atoms with Crippen molar-refractivity contribution in [3.8, 4) is 0 Å². The van der Waals surface area contributed by atoms with Gasteiger partial charge in [0, 0.05) is 0 Å². The average molecular weight is 284 g/mol. The van der Waals surface area contributed by atoms with Gasteiger partial charge in [-0.15, -0.1) is 0 Å². The van der Waals surface area contributed by atoms with Crippen LogP contribution in [0.4, 0.5) is 0 Å². The molecule has 1 aromatic rings. The van der Waals surface area contributed by atoms with Crippen molar-refractivity contribution in [2.75, 3.05) is 0 Å². The number of aryl methyl sites for hydroxylation is 1. The molecule has 1 aromatic carbocycles. The van der Waals surface area contributed by atoms with Crippen LogP contribution in [0.1, 0.15) is 57.1 Å². The third-order valence-electron chi connectivity index (χ3n) is 4.25. The molecule has 0 saturated heterocycles. The number of hydrogen-bond acceptors (Lipinski definition) is 2. The number of hydrogen-bond donors (Lipinski definition) is 0. The largest absolute Gasteiger partial charge is 0.299 e. The lowest BCUT2D eigenvalue weighted by Gasteiger charge is -2.19. The summed E-state index contributed by atoms with van der Waals surface area (Å²) in [6, 6.07) is 8.53. The first-order valence-electron chi connectivity index (χ1n) is 7.96. The third-order valence-corrected chi connectivity index (χ3v) is 4.25. The van der Waals surface area contributed by atoms with E-state index in [9.17, 15) is 9.59 Å². The average Bonchev–Trinajstić information content (AvgIpc) is 2.48. The van der Waals surface area contributed by atoms with Crippen molar-refractivity contribution >= 4 is 17.1 Å². The molecule has 0 saturated carbocycles. The van der Waals surface area contributed by atoms with E-state index in [0.29, 0.717) is 6.42 Å². The van der Waals surface area contributed by atoms with Crippen LogP contribution in [0.15, 0.2) is 30.3 Å². The second-order valence-electron chi connectivity index (χ2n) is 5.93. The Hall–Kier alpha value is -1.70. The highest BCUT2D eigenvalue weighted by atomic mass is 16.1. The van der Waals surface area contributed by atoms with Crippen molar-refractivity contribution in [1.29, 1.82) is 0 Å². The molecule has 1 aliphatic carbocycles. The summed E-state index contributed by atoms with van der Waals surface area (Å²) >= 11 is 0. The highest BCUT2D eigenvalue weighted by Gasteiger charge is 2.26. The van der Waals surface area contributed by atoms with Gasteiger partial charge in [0.1, 0.15) is 5.78 Å². The first kappa shape index (κ1) is 15.7. The number of Topliss-reactive ketones (excluding diaryl/α,β-unsaturated/α-hetero) is 1. The summed E-state index contributed by atoms with van der Waals surface area (Å²) in [5.74, 6) is -0.459. The van der Waals surface area contributed by atoms with Gasteiger partial charge in [0.15, 0.2) is 5.78 Å². The maximum Gasteiger partial charge on any atom is 0.166 e. The van der Waals surface area contributed by atoms with E-state index in [-0.39, 0.29) is 11.6 Å². The van der Waals surface area contributed by atoms with Crippen LogP contribution >= 0.6 is 0 Å². The molecule has 112 valence electrons. The van der Waals surface area contributed by atoms with Gasteiger partial charge in [0.05, 0.1) is 5.92 Å². The Morgan fingerprint density at radius 3 is 2.48 bits per heavy atom. The molecule has 0 bridgehead atoms. The number of ketones is 2. The van der Waals surface area contributed by atoms with Crippen LogP contribution in [0.25, 0.3) is 5.57 Å². The van der Waals surface area contributed by atoms with Gasteiger partial charge in [-0.2, -0.15) is 0 Å². The van der Waals surface area contributed by atoms with Crippen molar-refractivity contribution in [2.45, 2.75) is 52.4 Å². The summed E-state index contributed by atoms with van der Waals surface area (Å²) in [6.07, 6.45) is 8.00. The van der Waals surface area contributed by atoms with E-state index in [1.807, 2.05) is 0 Å². The molecule has 0 amide bonds. The predicted octanol–water partition coefficient (Wildman–Crippen LogP) is 4.37. The molecule has 2 heteroatoms. The molecule has 1 atom stereocenters. The Kier molecular flexibility index (Phi) is 5.49. The highest BCUT2D eigenvalue weighted by Crippen LogP contribution is 2.29. The Balaban J connectivity index is 2.04. The normalized spacial score (nSPS) is 18.5. The van der Waals surface area contributed by atoms with Crippen molar-refractivity contribution in [1.82, 2.24) is 0 Å². The first-order valence-corrected chi connectivity index (χ1v) is 7.96. The zero-order valence-electron chi connectivity index (χ0n) is 13.0. The number of allylic oxidation sites excluding steroid dienone is 2. The van der Waals surface area contributed by atoms with Crippen LogP contribution in [0.3, 0.4) is 0 Å². The summed E-state index contributed by atoms with van der Waals surface area (Å²) in [5, 5.41) is 0. The molecule has 21 heavy (non-hydrogen) atoms. The van der Waals surface area contributed by atoms with Gasteiger partial charge in [0.25, 0.3) is 0 Å².